The second-order valence-corrected chi connectivity index (χ2v) is 3.89. The fourth-order valence-corrected chi connectivity index (χ4v) is 1.97. The Morgan fingerprint density at radius 2 is 1.92 bits per heavy atom. The topological polar surface area (TPSA) is 38.7 Å². The third kappa shape index (κ3) is 2.03. The minimum absolute atomic E-state index is 0.0335. The highest BCUT2D eigenvalue weighted by molar-refractivity contribution is 4.84. The van der Waals surface area contributed by atoms with Gasteiger partial charge in [0.1, 0.15) is 0 Å². The number of rotatable bonds is 2. The Morgan fingerprint density at radius 3 is 2.38 bits per heavy atom. The summed E-state index contributed by atoms with van der Waals surface area (Å²) in [5.41, 5.74) is 0. The maximum absolute atomic E-state index is 9.59. The molecule has 1 heterocycles. The van der Waals surface area contributed by atoms with Crippen molar-refractivity contribution >= 4 is 0 Å². The number of hydrogen-bond donors (Lipinski definition) is 1. The van der Waals surface area contributed by atoms with E-state index in [1.807, 2.05) is 13.8 Å². The summed E-state index contributed by atoms with van der Waals surface area (Å²) in [6.45, 7) is 6.15. The molecule has 0 bridgehead atoms. The lowest BCUT2D eigenvalue weighted by molar-refractivity contribution is -0.248. The molecule has 1 aliphatic heterocycles. The normalized spacial score (nSPS) is 46.4. The molecule has 3 heteroatoms. The zero-order valence-corrected chi connectivity index (χ0v) is 8.86. The van der Waals surface area contributed by atoms with Crippen molar-refractivity contribution < 1.29 is 14.6 Å². The number of aliphatic hydroxyl groups is 1. The van der Waals surface area contributed by atoms with E-state index in [2.05, 4.69) is 6.92 Å². The molecule has 1 fully saturated rings. The van der Waals surface area contributed by atoms with E-state index in [1.165, 1.54) is 0 Å². The fourth-order valence-electron chi connectivity index (χ4n) is 1.97. The third-order valence-electron chi connectivity index (χ3n) is 3.15. The minimum Gasteiger partial charge on any atom is -0.378 e. The summed E-state index contributed by atoms with van der Waals surface area (Å²) in [4.78, 5) is 0. The molecule has 0 aliphatic carbocycles. The van der Waals surface area contributed by atoms with Crippen LogP contribution in [-0.4, -0.2) is 30.7 Å². The Hall–Kier alpha value is -0.120. The van der Waals surface area contributed by atoms with Crippen LogP contribution < -0.4 is 0 Å². The first-order chi connectivity index (χ1) is 6.11. The summed E-state index contributed by atoms with van der Waals surface area (Å²) >= 11 is 0. The third-order valence-corrected chi connectivity index (χ3v) is 3.15. The van der Waals surface area contributed by atoms with Crippen LogP contribution in [0, 0.1) is 11.8 Å². The number of hydrogen-bond acceptors (Lipinski definition) is 3. The van der Waals surface area contributed by atoms with Crippen molar-refractivity contribution in [1.82, 2.24) is 0 Å². The average Bonchev–Trinajstić information content (AvgIpc) is 2.13. The van der Waals surface area contributed by atoms with Crippen LogP contribution in [-0.2, 0) is 9.47 Å². The van der Waals surface area contributed by atoms with Crippen molar-refractivity contribution in [2.45, 2.75) is 45.7 Å². The van der Waals surface area contributed by atoms with Crippen molar-refractivity contribution in [3.8, 4) is 0 Å². The largest absolute Gasteiger partial charge is 0.378 e. The van der Waals surface area contributed by atoms with Gasteiger partial charge < -0.3 is 14.6 Å². The first-order valence-corrected chi connectivity index (χ1v) is 4.98. The molecule has 78 valence electrons. The van der Waals surface area contributed by atoms with Crippen LogP contribution in [0.4, 0.5) is 0 Å². The minimum atomic E-state index is -0.633. The van der Waals surface area contributed by atoms with E-state index in [-0.39, 0.29) is 18.1 Å². The lowest BCUT2D eigenvalue weighted by atomic mass is 9.84. The van der Waals surface area contributed by atoms with Crippen molar-refractivity contribution in [3.63, 3.8) is 0 Å². The van der Waals surface area contributed by atoms with Crippen LogP contribution in [0.15, 0.2) is 0 Å². The quantitative estimate of drug-likeness (QED) is 0.712. The number of ether oxygens (including phenoxy) is 2. The second kappa shape index (κ2) is 4.40. The van der Waals surface area contributed by atoms with Crippen LogP contribution >= 0.6 is 0 Å². The monoisotopic (exact) mass is 188 g/mol. The van der Waals surface area contributed by atoms with Gasteiger partial charge in [-0.2, -0.15) is 0 Å². The second-order valence-electron chi connectivity index (χ2n) is 3.89. The van der Waals surface area contributed by atoms with Gasteiger partial charge in [-0.25, -0.2) is 0 Å². The molecule has 1 saturated heterocycles. The molecule has 0 spiro atoms. The fraction of sp³-hybridized carbons (Fsp3) is 1.00. The summed E-state index contributed by atoms with van der Waals surface area (Å²) in [5, 5.41) is 9.59. The van der Waals surface area contributed by atoms with Gasteiger partial charge in [-0.1, -0.05) is 20.8 Å². The maximum atomic E-state index is 9.59. The SMILES string of the molecule is CCC1OC(O)C(C)C(C)C1OC. The molecule has 5 atom stereocenters. The van der Waals surface area contributed by atoms with Crippen LogP contribution in [0.3, 0.4) is 0 Å². The van der Waals surface area contributed by atoms with Crippen molar-refractivity contribution in [3.05, 3.63) is 0 Å². The van der Waals surface area contributed by atoms with Gasteiger partial charge in [0, 0.05) is 13.0 Å². The summed E-state index contributed by atoms with van der Waals surface area (Å²) in [5.74, 6) is 0.492. The Labute approximate surface area is 80.0 Å². The van der Waals surface area contributed by atoms with Gasteiger partial charge in [-0.15, -0.1) is 0 Å². The summed E-state index contributed by atoms with van der Waals surface area (Å²) in [7, 11) is 1.71. The van der Waals surface area contributed by atoms with Crippen molar-refractivity contribution in [1.29, 1.82) is 0 Å². The van der Waals surface area contributed by atoms with Gasteiger partial charge in [0.05, 0.1) is 12.2 Å². The van der Waals surface area contributed by atoms with Crippen LogP contribution in [0.2, 0.25) is 0 Å². The molecule has 0 saturated carbocycles. The highest BCUT2D eigenvalue weighted by atomic mass is 16.6. The zero-order chi connectivity index (χ0) is 10.0. The van der Waals surface area contributed by atoms with Gasteiger partial charge in [-0.3, -0.25) is 0 Å². The zero-order valence-electron chi connectivity index (χ0n) is 8.86. The van der Waals surface area contributed by atoms with Crippen LogP contribution in [0.1, 0.15) is 27.2 Å². The highest BCUT2D eigenvalue weighted by Crippen LogP contribution is 2.32. The number of aliphatic hydroxyl groups excluding tert-OH is 1. The molecule has 1 rings (SSSR count). The molecule has 1 N–H and O–H groups in total. The molecule has 13 heavy (non-hydrogen) atoms. The molecular formula is C10H20O3. The summed E-state index contributed by atoms with van der Waals surface area (Å²) in [6.07, 6.45) is 0.396. The van der Waals surface area contributed by atoms with E-state index in [4.69, 9.17) is 9.47 Å². The lowest BCUT2D eigenvalue weighted by Gasteiger charge is -2.41. The number of methoxy groups -OCH3 is 1. The predicted molar refractivity (Wildman–Crippen MR) is 50.3 cm³/mol. The molecule has 1 aliphatic rings. The smallest absolute Gasteiger partial charge is 0.157 e. The summed E-state index contributed by atoms with van der Waals surface area (Å²) in [6, 6.07) is 0. The predicted octanol–water partition coefficient (Wildman–Crippen LogP) is 1.40. The highest BCUT2D eigenvalue weighted by Gasteiger charge is 2.39. The Bertz CT molecular complexity index is 158. The van der Waals surface area contributed by atoms with Gasteiger partial charge >= 0.3 is 0 Å². The molecule has 0 radical (unpaired) electrons. The average molecular weight is 188 g/mol. The standard InChI is InChI=1S/C10H20O3/c1-5-8-9(12-4)6(2)7(3)10(11)13-8/h6-11H,5H2,1-4H3. The Balaban J connectivity index is 2.69. The van der Waals surface area contributed by atoms with Gasteiger partial charge in [-0.05, 0) is 12.3 Å². The van der Waals surface area contributed by atoms with Crippen molar-refractivity contribution in [2.75, 3.05) is 7.11 Å². The molecule has 3 nitrogen and oxygen atoms in total. The molecule has 0 amide bonds. The molecule has 0 aromatic heterocycles. The first kappa shape index (κ1) is 11.0. The lowest BCUT2D eigenvalue weighted by Crippen LogP contribution is -2.49. The summed E-state index contributed by atoms with van der Waals surface area (Å²) < 4.78 is 10.8. The molecular weight excluding hydrogens is 168 g/mol. The van der Waals surface area contributed by atoms with E-state index in [1.54, 1.807) is 7.11 Å². The van der Waals surface area contributed by atoms with Crippen LogP contribution in [0.25, 0.3) is 0 Å². The van der Waals surface area contributed by atoms with Gasteiger partial charge in [0.2, 0.25) is 0 Å². The Morgan fingerprint density at radius 1 is 1.31 bits per heavy atom. The first-order valence-electron chi connectivity index (χ1n) is 4.98. The molecule has 0 aromatic carbocycles. The van der Waals surface area contributed by atoms with E-state index >= 15 is 0 Å². The van der Waals surface area contributed by atoms with Crippen molar-refractivity contribution in [2.24, 2.45) is 11.8 Å². The van der Waals surface area contributed by atoms with E-state index in [0.29, 0.717) is 5.92 Å². The van der Waals surface area contributed by atoms with Gasteiger partial charge in [0.15, 0.2) is 6.29 Å². The Kier molecular flexibility index (Phi) is 3.71. The van der Waals surface area contributed by atoms with E-state index in [0.717, 1.165) is 6.42 Å². The van der Waals surface area contributed by atoms with Gasteiger partial charge in [0.25, 0.3) is 0 Å². The van der Waals surface area contributed by atoms with E-state index in [9.17, 15) is 5.11 Å². The molecule has 0 aromatic rings. The van der Waals surface area contributed by atoms with Crippen LogP contribution in [0.5, 0.6) is 0 Å². The molecule has 5 unspecified atom stereocenters. The van der Waals surface area contributed by atoms with E-state index < -0.39 is 6.29 Å². The maximum Gasteiger partial charge on any atom is 0.157 e.